The number of carbonyl (C=O) groups excluding carboxylic acids is 1. The zero-order chi connectivity index (χ0) is 24.8. The molecule has 2 aliphatic rings. The molecule has 1 heterocycles. The van der Waals surface area contributed by atoms with Crippen LogP contribution in [0.15, 0.2) is 12.1 Å². The van der Waals surface area contributed by atoms with E-state index in [1.54, 1.807) is 17.9 Å². The third-order valence-corrected chi connectivity index (χ3v) is 8.78. The predicted molar refractivity (Wildman–Crippen MR) is 124 cm³/mol. The van der Waals surface area contributed by atoms with E-state index in [-0.39, 0.29) is 22.9 Å². The maximum atomic E-state index is 13.5. The predicted octanol–water partition coefficient (Wildman–Crippen LogP) is 5.65. The molecule has 2 fully saturated rings. The first-order valence-electron chi connectivity index (χ1n) is 11.2. The number of likely N-dealkylation sites (tertiary alicyclic amines) is 1. The van der Waals surface area contributed by atoms with Gasteiger partial charge in [0.2, 0.25) is 15.9 Å². The minimum absolute atomic E-state index is 0.0538. The van der Waals surface area contributed by atoms with Crippen molar-refractivity contribution < 1.29 is 26.4 Å². The Bertz CT molecular complexity index is 993. The second kappa shape index (κ2) is 9.29. The van der Waals surface area contributed by atoms with Gasteiger partial charge in [-0.25, -0.2) is 8.42 Å². The zero-order valence-electron chi connectivity index (χ0n) is 19.5. The van der Waals surface area contributed by atoms with Gasteiger partial charge in [0, 0.05) is 24.5 Å². The average molecular weight is 509 g/mol. The lowest BCUT2D eigenvalue weighted by atomic mass is 9.86. The second-order valence-electron chi connectivity index (χ2n) is 10.4. The molecule has 5 nitrogen and oxygen atoms in total. The van der Waals surface area contributed by atoms with Gasteiger partial charge in [0.1, 0.15) is 6.54 Å². The lowest BCUT2D eigenvalue weighted by Gasteiger charge is -2.36. The monoisotopic (exact) mass is 508 g/mol. The second-order valence-corrected chi connectivity index (χ2v) is 13.0. The first kappa shape index (κ1) is 26.1. The summed E-state index contributed by atoms with van der Waals surface area (Å²) in [6.45, 7) is 7.01. The van der Waals surface area contributed by atoms with Gasteiger partial charge in [0.25, 0.3) is 0 Å². The van der Waals surface area contributed by atoms with Gasteiger partial charge < -0.3 is 4.90 Å². The normalized spacial score (nSPS) is 18.5. The van der Waals surface area contributed by atoms with Crippen molar-refractivity contribution in [1.29, 1.82) is 0 Å². The summed E-state index contributed by atoms with van der Waals surface area (Å²) in [7, 11) is -4.14. The minimum atomic E-state index is -4.69. The number of nitrogens with zero attached hydrogens (tertiary/aromatic N) is 2. The highest BCUT2D eigenvalue weighted by Gasteiger charge is 2.45. The van der Waals surface area contributed by atoms with E-state index in [4.69, 9.17) is 11.6 Å². The summed E-state index contributed by atoms with van der Waals surface area (Å²) in [6.07, 6.45) is -2.47. The molecule has 1 aliphatic carbocycles. The number of amides is 1. The number of aryl methyl sites for hydroxylation is 1. The van der Waals surface area contributed by atoms with Crippen LogP contribution < -0.4 is 4.31 Å². The number of rotatable bonds is 6. The van der Waals surface area contributed by atoms with Crippen molar-refractivity contribution in [1.82, 2.24) is 4.90 Å². The van der Waals surface area contributed by atoms with E-state index in [0.717, 1.165) is 0 Å². The van der Waals surface area contributed by atoms with Crippen LogP contribution in [-0.2, 0) is 14.8 Å². The van der Waals surface area contributed by atoms with Gasteiger partial charge >= 0.3 is 6.18 Å². The topological polar surface area (TPSA) is 57.7 Å². The van der Waals surface area contributed by atoms with Crippen LogP contribution in [0.2, 0.25) is 5.02 Å². The Morgan fingerprint density at radius 2 is 1.70 bits per heavy atom. The van der Waals surface area contributed by atoms with Gasteiger partial charge in [-0.2, -0.15) is 13.2 Å². The highest BCUT2D eigenvalue weighted by Crippen LogP contribution is 2.42. The van der Waals surface area contributed by atoms with Gasteiger partial charge in [-0.05, 0) is 67.2 Å². The van der Waals surface area contributed by atoms with Gasteiger partial charge in [0.15, 0.2) is 0 Å². The Balaban J connectivity index is 1.92. The summed E-state index contributed by atoms with van der Waals surface area (Å²) < 4.78 is 67.0. The van der Waals surface area contributed by atoms with Crippen LogP contribution in [0.1, 0.15) is 69.9 Å². The third kappa shape index (κ3) is 6.56. The lowest BCUT2D eigenvalue weighted by Crippen LogP contribution is -2.42. The van der Waals surface area contributed by atoms with Gasteiger partial charge in [-0.1, -0.05) is 32.4 Å². The molecule has 0 unspecified atom stereocenters. The van der Waals surface area contributed by atoms with Crippen LogP contribution >= 0.6 is 11.6 Å². The van der Waals surface area contributed by atoms with E-state index >= 15 is 0 Å². The smallest absolute Gasteiger partial charge is 0.343 e. The highest BCUT2D eigenvalue weighted by atomic mass is 35.5. The number of piperidine rings is 1. The Hall–Kier alpha value is -1.48. The molecular weight excluding hydrogens is 477 g/mol. The SMILES string of the molecule is Cc1cc(N(CC(F)(F)F)S(=O)(=O)C2CC2)c(C2CCN(C(=O)CC(C)(C)C)CC2)cc1Cl. The quantitative estimate of drug-likeness (QED) is 0.499. The molecule has 10 heteroatoms. The molecule has 1 amide bonds. The molecule has 0 radical (unpaired) electrons. The van der Waals surface area contributed by atoms with Gasteiger partial charge in [-0.3, -0.25) is 9.10 Å². The summed E-state index contributed by atoms with van der Waals surface area (Å²) in [5.41, 5.74) is 0.940. The third-order valence-electron chi connectivity index (χ3n) is 6.12. The number of hydrogen-bond donors (Lipinski definition) is 0. The van der Waals surface area contributed by atoms with Crippen molar-refractivity contribution in [2.24, 2.45) is 5.41 Å². The zero-order valence-corrected chi connectivity index (χ0v) is 21.1. The number of halogens is 4. The molecule has 0 atom stereocenters. The Morgan fingerprint density at radius 1 is 1.12 bits per heavy atom. The van der Waals surface area contributed by atoms with E-state index in [1.807, 2.05) is 20.8 Å². The van der Waals surface area contributed by atoms with Crippen molar-refractivity contribution in [2.75, 3.05) is 23.9 Å². The molecule has 1 saturated carbocycles. The van der Waals surface area contributed by atoms with E-state index in [9.17, 15) is 26.4 Å². The van der Waals surface area contributed by atoms with Crippen molar-refractivity contribution in [3.8, 4) is 0 Å². The maximum absolute atomic E-state index is 13.5. The lowest BCUT2D eigenvalue weighted by molar-refractivity contribution is -0.134. The molecule has 0 aromatic heterocycles. The summed E-state index contributed by atoms with van der Waals surface area (Å²) in [5.74, 6) is -0.139. The van der Waals surface area contributed by atoms with E-state index in [1.165, 1.54) is 6.07 Å². The van der Waals surface area contributed by atoms with Gasteiger partial charge in [0.05, 0.1) is 10.9 Å². The molecule has 0 spiro atoms. The van der Waals surface area contributed by atoms with E-state index in [2.05, 4.69) is 0 Å². The molecule has 0 N–H and O–H groups in total. The van der Waals surface area contributed by atoms with Gasteiger partial charge in [-0.15, -0.1) is 0 Å². The number of benzene rings is 1. The first-order chi connectivity index (χ1) is 15.1. The number of alkyl halides is 3. The van der Waals surface area contributed by atoms with Crippen molar-refractivity contribution >= 4 is 33.2 Å². The number of sulfonamides is 1. The number of hydrogen-bond acceptors (Lipinski definition) is 3. The number of anilines is 1. The molecule has 0 bridgehead atoms. The van der Waals surface area contributed by atoms with Crippen LogP contribution in [0.4, 0.5) is 18.9 Å². The maximum Gasteiger partial charge on any atom is 0.407 e. The molecule has 3 rings (SSSR count). The van der Waals surface area contributed by atoms with Crippen LogP contribution in [0.5, 0.6) is 0 Å². The largest absolute Gasteiger partial charge is 0.407 e. The Labute approximate surface area is 199 Å². The summed E-state index contributed by atoms with van der Waals surface area (Å²) in [6, 6.07) is 3.07. The Kier molecular flexibility index (Phi) is 7.35. The fourth-order valence-electron chi connectivity index (χ4n) is 4.25. The molecule has 1 aromatic carbocycles. The van der Waals surface area contributed by atoms with Crippen LogP contribution in [0, 0.1) is 12.3 Å². The highest BCUT2D eigenvalue weighted by molar-refractivity contribution is 7.93. The molecule has 1 aliphatic heterocycles. The molecule has 1 saturated heterocycles. The Morgan fingerprint density at radius 3 is 2.18 bits per heavy atom. The molecule has 186 valence electrons. The minimum Gasteiger partial charge on any atom is -0.343 e. The van der Waals surface area contributed by atoms with Crippen molar-refractivity contribution in [3.63, 3.8) is 0 Å². The number of carbonyl (C=O) groups is 1. The first-order valence-corrected chi connectivity index (χ1v) is 13.1. The molecular formula is C23H32ClF3N2O3S. The van der Waals surface area contributed by atoms with E-state index in [0.29, 0.717) is 65.6 Å². The standard InChI is InChI=1S/C23H32ClF3N2O3S/c1-15-11-20(29(14-23(25,26)27)33(31,32)17-5-6-17)18(12-19(15)24)16-7-9-28(10-8-16)21(30)13-22(2,3)4/h11-12,16-17H,5-10,13-14H2,1-4H3. The fraction of sp³-hybridized carbons (Fsp3) is 0.696. The van der Waals surface area contributed by atoms with Crippen LogP contribution in [-0.4, -0.2) is 50.3 Å². The molecule has 1 aromatic rings. The fourth-order valence-corrected chi connectivity index (χ4v) is 6.27. The van der Waals surface area contributed by atoms with Crippen molar-refractivity contribution in [2.45, 2.75) is 77.1 Å². The summed E-state index contributed by atoms with van der Waals surface area (Å²) in [4.78, 5) is 14.4. The molecule has 33 heavy (non-hydrogen) atoms. The summed E-state index contributed by atoms with van der Waals surface area (Å²) in [5, 5.41) is -0.392. The van der Waals surface area contributed by atoms with E-state index < -0.39 is 28.0 Å². The van der Waals surface area contributed by atoms with Crippen LogP contribution in [0.3, 0.4) is 0 Å². The summed E-state index contributed by atoms with van der Waals surface area (Å²) >= 11 is 6.33. The van der Waals surface area contributed by atoms with Crippen LogP contribution in [0.25, 0.3) is 0 Å². The van der Waals surface area contributed by atoms with Crippen molar-refractivity contribution in [3.05, 3.63) is 28.3 Å². The average Bonchev–Trinajstić information content (AvgIpc) is 3.52.